The molecule has 27 heavy (non-hydrogen) atoms. The zero-order chi connectivity index (χ0) is 18.6. The second-order valence-corrected chi connectivity index (χ2v) is 5.85. The van der Waals surface area contributed by atoms with Crippen LogP contribution in [0, 0.1) is 0 Å². The third-order valence-electron chi connectivity index (χ3n) is 4.26. The molecule has 0 fully saturated rings. The Balaban J connectivity index is 1.65. The summed E-state index contributed by atoms with van der Waals surface area (Å²) in [5.41, 5.74) is 3.73. The van der Waals surface area contributed by atoms with Crippen molar-refractivity contribution in [2.75, 3.05) is 19.5 Å². The van der Waals surface area contributed by atoms with E-state index in [1.54, 1.807) is 13.3 Å². The second kappa shape index (κ2) is 7.29. The molecule has 0 saturated carbocycles. The Kier molecular flexibility index (Phi) is 4.53. The van der Waals surface area contributed by atoms with Gasteiger partial charge in [-0.15, -0.1) is 0 Å². The number of nitrogens with one attached hydrogen (secondary N) is 1. The van der Waals surface area contributed by atoms with E-state index in [1.807, 2.05) is 67.7 Å². The Morgan fingerprint density at radius 1 is 0.889 bits per heavy atom. The van der Waals surface area contributed by atoms with E-state index in [2.05, 4.69) is 20.4 Å². The molecule has 0 spiro atoms. The minimum Gasteiger partial charge on any atom is -0.496 e. The quantitative estimate of drug-likeness (QED) is 0.566. The average molecular weight is 358 g/mol. The summed E-state index contributed by atoms with van der Waals surface area (Å²) in [5.74, 6) is 2.50. The molecular weight excluding hydrogens is 340 g/mol. The Bertz CT molecular complexity index is 1060. The molecular formula is C21H18N4O2. The number of rotatable bonds is 5. The van der Waals surface area contributed by atoms with E-state index in [-0.39, 0.29) is 0 Å². The number of methoxy groups -OCH3 is 1. The van der Waals surface area contributed by atoms with Gasteiger partial charge in [0.15, 0.2) is 0 Å². The molecule has 2 aromatic carbocycles. The Labute approximate surface area is 156 Å². The monoisotopic (exact) mass is 358 g/mol. The number of ether oxygens (including phenoxy) is 1. The maximum absolute atomic E-state index is 5.45. The Hall–Kier alpha value is -3.67. The summed E-state index contributed by atoms with van der Waals surface area (Å²) in [4.78, 5) is 8.79. The van der Waals surface area contributed by atoms with Crippen molar-refractivity contribution < 1.29 is 9.26 Å². The van der Waals surface area contributed by atoms with Gasteiger partial charge in [-0.05, 0) is 35.9 Å². The topological polar surface area (TPSA) is 73.1 Å². The highest BCUT2D eigenvalue weighted by Crippen LogP contribution is 2.31. The summed E-state index contributed by atoms with van der Waals surface area (Å²) in [6, 6.07) is 19.6. The lowest BCUT2D eigenvalue weighted by molar-refractivity contribution is 0.416. The minimum absolute atomic E-state index is 0.461. The van der Waals surface area contributed by atoms with Crippen molar-refractivity contribution in [2.24, 2.45) is 0 Å². The fourth-order valence-corrected chi connectivity index (χ4v) is 2.91. The van der Waals surface area contributed by atoms with Gasteiger partial charge in [-0.2, -0.15) is 4.98 Å². The number of nitrogens with zero attached hydrogens (tertiary/aromatic N) is 3. The molecule has 2 aromatic heterocycles. The first kappa shape index (κ1) is 16.8. The fourth-order valence-electron chi connectivity index (χ4n) is 2.91. The lowest BCUT2D eigenvalue weighted by Gasteiger charge is -2.08. The van der Waals surface area contributed by atoms with Gasteiger partial charge in [-0.3, -0.25) is 0 Å². The molecule has 0 aliphatic carbocycles. The van der Waals surface area contributed by atoms with E-state index in [9.17, 15) is 0 Å². The number of pyridine rings is 1. The van der Waals surface area contributed by atoms with Gasteiger partial charge in [0.05, 0.1) is 12.7 Å². The summed E-state index contributed by atoms with van der Waals surface area (Å²) in [6.45, 7) is 0. The first-order valence-corrected chi connectivity index (χ1v) is 8.51. The molecule has 6 nitrogen and oxygen atoms in total. The normalized spacial score (nSPS) is 10.6. The van der Waals surface area contributed by atoms with Crippen LogP contribution in [0.1, 0.15) is 0 Å². The molecule has 134 valence electrons. The number of aromatic nitrogens is 3. The first-order chi connectivity index (χ1) is 13.3. The molecule has 4 rings (SSSR count). The van der Waals surface area contributed by atoms with Gasteiger partial charge in [0.25, 0.3) is 5.89 Å². The van der Waals surface area contributed by atoms with Gasteiger partial charge >= 0.3 is 0 Å². The van der Waals surface area contributed by atoms with Crippen molar-refractivity contribution >= 4 is 5.82 Å². The Morgan fingerprint density at radius 3 is 2.41 bits per heavy atom. The molecule has 0 aliphatic heterocycles. The van der Waals surface area contributed by atoms with Gasteiger partial charge in [-0.1, -0.05) is 35.5 Å². The summed E-state index contributed by atoms with van der Waals surface area (Å²) in [7, 11) is 3.48. The maximum Gasteiger partial charge on any atom is 0.258 e. The van der Waals surface area contributed by atoms with Crippen LogP contribution in [0.2, 0.25) is 0 Å². The summed E-state index contributed by atoms with van der Waals surface area (Å²) < 4.78 is 10.9. The smallest absolute Gasteiger partial charge is 0.258 e. The van der Waals surface area contributed by atoms with Crippen molar-refractivity contribution in [3.8, 4) is 39.7 Å². The van der Waals surface area contributed by atoms with E-state index in [0.717, 1.165) is 28.0 Å². The Morgan fingerprint density at radius 2 is 1.63 bits per heavy atom. The lowest BCUT2D eigenvalue weighted by Crippen LogP contribution is -1.95. The van der Waals surface area contributed by atoms with Crippen molar-refractivity contribution in [1.82, 2.24) is 15.1 Å². The third-order valence-corrected chi connectivity index (χ3v) is 4.26. The largest absolute Gasteiger partial charge is 0.496 e. The number of hydrogen-bond donors (Lipinski definition) is 1. The van der Waals surface area contributed by atoms with Gasteiger partial charge < -0.3 is 14.6 Å². The van der Waals surface area contributed by atoms with E-state index in [4.69, 9.17) is 9.26 Å². The van der Waals surface area contributed by atoms with Gasteiger partial charge in [0.2, 0.25) is 5.82 Å². The average Bonchev–Trinajstić information content (AvgIpc) is 3.24. The van der Waals surface area contributed by atoms with Gasteiger partial charge in [0.1, 0.15) is 11.6 Å². The van der Waals surface area contributed by atoms with Gasteiger partial charge in [0, 0.05) is 24.4 Å². The zero-order valence-corrected chi connectivity index (χ0v) is 15.0. The molecule has 0 bridgehead atoms. The van der Waals surface area contributed by atoms with Crippen molar-refractivity contribution in [2.45, 2.75) is 0 Å². The van der Waals surface area contributed by atoms with Crippen LogP contribution in [0.3, 0.4) is 0 Å². The van der Waals surface area contributed by atoms with Crippen molar-refractivity contribution in [3.05, 3.63) is 66.9 Å². The van der Waals surface area contributed by atoms with Gasteiger partial charge in [-0.25, -0.2) is 4.98 Å². The maximum atomic E-state index is 5.45. The first-order valence-electron chi connectivity index (χ1n) is 8.51. The number of hydrogen-bond acceptors (Lipinski definition) is 6. The molecule has 0 aliphatic rings. The van der Waals surface area contributed by atoms with Crippen LogP contribution in [0.5, 0.6) is 5.75 Å². The highest BCUT2D eigenvalue weighted by atomic mass is 16.5. The summed E-state index contributed by atoms with van der Waals surface area (Å²) in [6.07, 6.45) is 1.72. The second-order valence-electron chi connectivity index (χ2n) is 5.85. The van der Waals surface area contributed by atoms with E-state index in [1.165, 1.54) is 0 Å². The molecule has 0 amide bonds. The highest BCUT2D eigenvalue weighted by molar-refractivity contribution is 5.73. The molecule has 1 N–H and O–H groups in total. The van der Waals surface area contributed by atoms with Crippen LogP contribution in [-0.4, -0.2) is 29.3 Å². The SMILES string of the molecule is CNc1ncccc1-c1noc(-c2ccc(-c3ccccc3OC)cc2)n1. The van der Waals surface area contributed by atoms with Crippen LogP contribution < -0.4 is 10.1 Å². The minimum atomic E-state index is 0.461. The molecule has 2 heterocycles. The standard InChI is InChI=1S/C21H18N4O2/c1-22-19-17(7-5-13-23-19)20-24-21(27-25-20)15-11-9-14(10-12-15)16-6-3-4-8-18(16)26-2/h3-13H,1-2H3,(H,22,23). The number of anilines is 1. The van der Waals surface area contributed by atoms with Crippen molar-refractivity contribution in [3.63, 3.8) is 0 Å². The summed E-state index contributed by atoms with van der Waals surface area (Å²) >= 11 is 0. The molecule has 0 radical (unpaired) electrons. The molecule has 0 unspecified atom stereocenters. The van der Waals surface area contributed by atoms with E-state index in [0.29, 0.717) is 17.5 Å². The third kappa shape index (κ3) is 3.25. The zero-order valence-electron chi connectivity index (χ0n) is 15.0. The predicted octanol–water partition coefficient (Wildman–Crippen LogP) is 4.52. The van der Waals surface area contributed by atoms with Crippen LogP contribution in [0.25, 0.3) is 34.0 Å². The number of para-hydroxylation sites is 1. The lowest BCUT2D eigenvalue weighted by atomic mass is 10.0. The van der Waals surface area contributed by atoms with E-state index < -0.39 is 0 Å². The molecule has 6 heteroatoms. The predicted molar refractivity (Wildman–Crippen MR) is 104 cm³/mol. The van der Waals surface area contributed by atoms with Crippen LogP contribution in [-0.2, 0) is 0 Å². The van der Waals surface area contributed by atoms with Crippen LogP contribution in [0.4, 0.5) is 5.82 Å². The molecule has 0 atom stereocenters. The number of benzene rings is 2. The highest BCUT2D eigenvalue weighted by Gasteiger charge is 2.14. The van der Waals surface area contributed by atoms with Crippen LogP contribution >= 0.6 is 0 Å². The summed E-state index contributed by atoms with van der Waals surface area (Å²) in [5, 5.41) is 7.13. The fraction of sp³-hybridized carbons (Fsp3) is 0.0952. The molecule has 4 aromatic rings. The van der Waals surface area contributed by atoms with E-state index >= 15 is 0 Å². The van der Waals surface area contributed by atoms with Crippen LogP contribution in [0.15, 0.2) is 71.4 Å². The molecule has 0 saturated heterocycles. The van der Waals surface area contributed by atoms with Crippen molar-refractivity contribution in [1.29, 1.82) is 0 Å².